The van der Waals surface area contributed by atoms with Crippen LogP contribution in [0.25, 0.3) is 0 Å². The Labute approximate surface area is 128 Å². The number of phenols is 1. The molecule has 0 unspecified atom stereocenters. The molecule has 0 saturated heterocycles. The van der Waals surface area contributed by atoms with Gasteiger partial charge in [-0.2, -0.15) is 0 Å². The minimum atomic E-state index is 0.494. The lowest BCUT2D eigenvalue weighted by Crippen LogP contribution is -2.04. The minimum Gasteiger partial charge on any atom is -0.507 e. The fraction of sp³-hybridized carbons (Fsp3) is 0.400. The summed E-state index contributed by atoms with van der Waals surface area (Å²) in [5, 5.41) is 10.6. The van der Waals surface area contributed by atoms with E-state index >= 15 is 0 Å². The van der Waals surface area contributed by atoms with E-state index in [1.807, 2.05) is 13.0 Å². The molecule has 2 aromatic rings. The molecule has 0 bridgehead atoms. The van der Waals surface area contributed by atoms with E-state index in [0.717, 1.165) is 24.0 Å². The molecule has 0 amide bonds. The van der Waals surface area contributed by atoms with Crippen molar-refractivity contribution in [3.8, 4) is 5.75 Å². The van der Waals surface area contributed by atoms with Crippen LogP contribution in [0.4, 0.5) is 0 Å². The average Bonchev–Trinajstić information content (AvgIpc) is 2.51. The van der Waals surface area contributed by atoms with E-state index in [1.54, 1.807) is 0 Å². The first kappa shape index (κ1) is 15.6. The van der Waals surface area contributed by atoms with Gasteiger partial charge in [0.1, 0.15) is 5.75 Å². The number of hydrogen-bond donors (Lipinski definition) is 1. The summed E-state index contributed by atoms with van der Waals surface area (Å²) in [6.07, 6.45) is 4.22. The van der Waals surface area contributed by atoms with Crippen LogP contribution in [0.5, 0.6) is 5.75 Å². The molecule has 2 aromatic carbocycles. The first-order valence-corrected chi connectivity index (χ1v) is 7.90. The van der Waals surface area contributed by atoms with Gasteiger partial charge in [0.25, 0.3) is 0 Å². The van der Waals surface area contributed by atoms with Crippen molar-refractivity contribution in [2.24, 2.45) is 0 Å². The van der Waals surface area contributed by atoms with Crippen molar-refractivity contribution in [2.45, 2.75) is 53.4 Å². The zero-order chi connectivity index (χ0) is 15.4. The van der Waals surface area contributed by atoms with Crippen molar-refractivity contribution in [1.82, 2.24) is 0 Å². The predicted octanol–water partition coefficient (Wildman–Crippen LogP) is 5.25. The molecule has 0 heterocycles. The van der Waals surface area contributed by atoms with Crippen LogP contribution in [0, 0.1) is 20.8 Å². The molecule has 0 aromatic heterocycles. The summed E-state index contributed by atoms with van der Waals surface area (Å²) in [6.45, 7) is 8.55. The number of unbranched alkanes of at least 4 members (excludes halogenated alkanes) is 1. The summed E-state index contributed by atoms with van der Waals surface area (Å²) >= 11 is 0. The zero-order valence-corrected chi connectivity index (χ0v) is 13.7. The maximum Gasteiger partial charge on any atom is 0.122 e. The van der Waals surface area contributed by atoms with Gasteiger partial charge in [0.05, 0.1) is 0 Å². The lowest BCUT2D eigenvalue weighted by Gasteiger charge is -2.20. The third kappa shape index (κ3) is 3.29. The Balaban J connectivity index is 2.51. The Hall–Kier alpha value is -1.76. The second-order valence-electron chi connectivity index (χ2n) is 5.95. The van der Waals surface area contributed by atoms with Gasteiger partial charge in [-0.05, 0) is 61.4 Å². The maximum atomic E-state index is 10.6. The van der Waals surface area contributed by atoms with Gasteiger partial charge in [-0.15, -0.1) is 0 Å². The topological polar surface area (TPSA) is 20.2 Å². The quantitative estimate of drug-likeness (QED) is 0.794. The molecule has 0 fully saturated rings. The largest absolute Gasteiger partial charge is 0.507 e. The second kappa shape index (κ2) is 6.80. The van der Waals surface area contributed by atoms with E-state index < -0.39 is 0 Å². The van der Waals surface area contributed by atoms with Crippen molar-refractivity contribution in [2.75, 3.05) is 0 Å². The van der Waals surface area contributed by atoms with Gasteiger partial charge in [0.15, 0.2) is 0 Å². The summed E-state index contributed by atoms with van der Waals surface area (Å²) in [4.78, 5) is 0. The van der Waals surface area contributed by atoms with Gasteiger partial charge < -0.3 is 5.11 Å². The molecular formula is C20H26O. The van der Waals surface area contributed by atoms with Crippen LogP contribution in [-0.2, 0) is 12.8 Å². The van der Waals surface area contributed by atoms with Crippen LogP contribution >= 0.6 is 0 Å². The van der Waals surface area contributed by atoms with E-state index in [2.05, 4.69) is 45.0 Å². The smallest absolute Gasteiger partial charge is 0.122 e. The lowest BCUT2D eigenvalue weighted by atomic mass is 9.87. The molecule has 1 heteroatoms. The highest BCUT2D eigenvalue weighted by molar-refractivity contribution is 5.55. The zero-order valence-electron chi connectivity index (χ0n) is 13.7. The highest BCUT2D eigenvalue weighted by Crippen LogP contribution is 2.34. The van der Waals surface area contributed by atoms with Crippen molar-refractivity contribution < 1.29 is 5.11 Å². The minimum absolute atomic E-state index is 0.494. The summed E-state index contributed by atoms with van der Waals surface area (Å²) in [5.41, 5.74) is 7.34. The van der Waals surface area contributed by atoms with Crippen LogP contribution in [0.2, 0.25) is 0 Å². The SMILES string of the molecule is CCCCc1c(C)c(C)c(C)c(O)c1Cc1ccccc1. The van der Waals surface area contributed by atoms with Gasteiger partial charge in [0, 0.05) is 12.0 Å². The molecule has 0 aliphatic heterocycles. The lowest BCUT2D eigenvalue weighted by molar-refractivity contribution is 0.463. The summed E-state index contributed by atoms with van der Waals surface area (Å²) in [7, 11) is 0. The van der Waals surface area contributed by atoms with Gasteiger partial charge in [-0.1, -0.05) is 43.7 Å². The van der Waals surface area contributed by atoms with E-state index in [-0.39, 0.29) is 0 Å². The van der Waals surface area contributed by atoms with Crippen molar-refractivity contribution >= 4 is 0 Å². The maximum absolute atomic E-state index is 10.6. The number of benzene rings is 2. The summed E-state index contributed by atoms with van der Waals surface area (Å²) in [6, 6.07) is 10.4. The number of rotatable bonds is 5. The fourth-order valence-corrected chi connectivity index (χ4v) is 2.96. The fourth-order valence-electron chi connectivity index (χ4n) is 2.96. The van der Waals surface area contributed by atoms with Gasteiger partial charge in [-0.25, -0.2) is 0 Å². The molecule has 1 nitrogen and oxygen atoms in total. The van der Waals surface area contributed by atoms with Gasteiger partial charge in [-0.3, -0.25) is 0 Å². The van der Waals surface area contributed by atoms with E-state index in [1.165, 1.54) is 35.1 Å². The molecule has 2 rings (SSSR count). The standard InChI is InChI=1S/C20H26O/c1-5-6-12-18-15(3)14(2)16(4)20(21)19(18)13-17-10-8-7-9-11-17/h7-11,21H,5-6,12-13H2,1-4H3. The highest BCUT2D eigenvalue weighted by Gasteiger charge is 2.17. The molecule has 21 heavy (non-hydrogen) atoms. The molecule has 0 saturated carbocycles. The Morgan fingerprint density at radius 2 is 1.52 bits per heavy atom. The third-order valence-electron chi connectivity index (χ3n) is 4.59. The molecule has 0 spiro atoms. The molecule has 0 aliphatic rings. The number of hydrogen-bond acceptors (Lipinski definition) is 1. The highest BCUT2D eigenvalue weighted by atomic mass is 16.3. The second-order valence-corrected chi connectivity index (χ2v) is 5.95. The van der Waals surface area contributed by atoms with E-state index in [9.17, 15) is 5.11 Å². The van der Waals surface area contributed by atoms with Gasteiger partial charge in [0.2, 0.25) is 0 Å². The van der Waals surface area contributed by atoms with E-state index in [4.69, 9.17) is 0 Å². The van der Waals surface area contributed by atoms with Crippen LogP contribution in [0.1, 0.15) is 53.1 Å². The monoisotopic (exact) mass is 282 g/mol. The molecule has 112 valence electrons. The first-order chi connectivity index (χ1) is 10.1. The number of aromatic hydroxyl groups is 1. The predicted molar refractivity (Wildman–Crippen MR) is 90.2 cm³/mol. The van der Waals surface area contributed by atoms with Crippen LogP contribution < -0.4 is 0 Å². The van der Waals surface area contributed by atoms with Crippen molar-refractivity contribution in [1.29, 1.82) is 0 Å². The Morgan fingerprint density at radius 3 is 2.14 bits per heavy atom. The molecule has 0 radical (unpaired) electrons. The first-order valence-electron chi connectivity index (χ1n) is 7.90. The average molecular weight is 282 g/mol. The Bertz CT molecular complexity index is 612. The summed E-state index contributed by atoms with van der Waals surface area (Å²) < 4.78 is 0. The van der Waals surface area contributed by atoms with Crippen molar-refractivity contribution in [3.63, 3.8) is 0 Å². The number of phenolic OH excluding ortho intramolecular Hbond substituents is 1. The molecular weight excluding hydrogens is 256 g/mol. The Morgan fingerprint density at radius 1 is 0.857 bits per heavy atom. The molecule has 0 aliphatic carbocycles. The van der Waals surface area contributed by atoms with Crippen LogP contribution in [-0.4, -0.2) is 5.11 Å². The normalized spacial score (nSPS) is 10.9. The van der Waals surface area contributed by atoms with Crippen LogP contribution in [0.15, 0.2) is 30.3 Å². The summed E-state index contributed by atoms with van der Waals surface area (Å²) in [5.74, 6) is 0.494. The van der Waals surface area contributed by atoms with E-state index in [0.29, 0.717) is 5.75 Å². The van der Waals surface area contributed by atoms with Crippen LogP contribution in [0.3, 0.4) is 0 Å². The van der Waals surface area contributed by atoms with Gasteiger partial charge >= 0.3 is 0 Å². The molecule has 1 N–H and O–H groups in total. The van der Waals surface area contributed by atoms with Crippen molar-refractivity contribution in [3.05, 3.63) is 63.7 Å². The molecule has 0 atom stereocenters. The third-order valence-corrected chi connectivity index (χ3v) is 4.59. The Kier molecular flexibility index (Phi) is 5.06.